The number of carbonyl (C=O) groups is 2. The maximum atomic E-state index is 12.6. The molecule has 1 amide bonds. The maximum absolute atomic E-state index is 12.6. The summed E-state index contributed by atoms with van der Waals surface area (Å²) >= 11 is 0. The normalized spacial score (nSPS) is 10.2. The number of carboxylic acid groups (broad SMARTS) is 1. The minimum atomic E-state index is -1.33. The molecule has 2 aromatic carbocycles. The van der Waals surface area contributed by atoms with E-state index < -0.39 is 51.0 Å². The predicted molar refractivity (Wildman–Crippen MR) is 105 cm³/mol. The molecule has 2 aromatic rings. The predicted octanol–water partition coefficient (Wildman–Crippen LogP) is 2.52. The standard InChI is InChI=1S/C18H18N4O8/c1-19(2)11-5-4-6-12(7-11)30-16-8-13(18(25)20(3)10-17(23)24)14(21(26)27)9-15(16)22(28)29/h4-9H,10H2,1-3H3,(H,23,24). The van der Waals surface area contributed by atoms with Gasteiger partial charge in [-0.25, -0.2) is 0 Å². The molecule has 0 fully saturated rings. The van der Waals surface area contributed by atoms with E-state index in [2.05, 4.69) is 0 Å². The minimum Gasteiger partial charge on any atom is -0.480 e. The molecule has 0 unspecified atom stereocenters. The lowest BCUT2D eigenvalue weighted by molar-refractivity contribution is -0.394. The van der Waals surface area contributed by atoms with Gasteiger partial charge in [-0.05, 0) is 12.1 Å². The molecule has 2 rings (SSSR count). The lowest BCUT2D eigenvalue weighted by atomic mass is 10.1. The number of carbonyl (C=O) groups excluding carboxylic acids is 1. The van der Waals surface area contributed by atoms with Crippen molar-refractivity contribution in [3.63, 3.8) is 0 Å². The molecule has 0 saturated carbocycles. The highest BCUT2D eigenvalue weighted by atomic mass is 16.6. The minimum absolute atomic E-state index is 0.204. The Balaban J connectivity index is 2.60. The summed E-state index contributed by atoms with van der Waals surface area (Å²) in [6.07, 6.45) is 0. The first-order chi connectivity index (χ1) is 14.0. The van der Waals surface area contributed by atoms with E-state index in [9.17, 15) is 29.8 Å². The average Bonchev–Trinajstić information content (AvgIpc) is 2.66. The number of carboxylic acids is 1. The number of hydrogen-bond donors (Lipinski definition) is 1. The monoisotopic (exact) mass is 418 g/mol. The van der Waals surface area contributed by atoms with Crippen LogP contribution in [0.3, 0.4) is 0 Å². The summed E-state index contributed by atoms with van der Waals surface area (Å²) in [5.74, 6) is -2.51. The van der Waals surface area contributed by atoms with E-state index >= 15 is 0 Å². The summed E-state index contributed by atoms with van der Waals surface area (Å²) in [6, 6.07) is 8.02. The molecule has 12 nitrogen and oxygen atoms in total. The van der Waals surface area contributed by atoms with E-state index in [-0.39, 0.29) is 5.75 Å². The fourth-order valence-electron chi connectivity index (χ4n) is 2.54. The SMILES string of the molecule is CN(CC(=O)O)C(=O)c1cc(Oc2cccc(N(C)C)c2)c([N+](=O)[O-])cc1[N+](=O)[O-]. The first-order valence-corrected chi connectivity index (χ1v) is 8.40. The molecule has 0 atom stereocenters. The second kappa shape index (κ2) is 8.86. The van der Waals surface area contributed by atoms with E-state index in [1.165, 1.54) is 6.07 Å². The zero-order valence-corrected chi connectivity index (χ0v) is 16.3. The topological polar surface area (TPSA) is 156 Å². The first kappa shape index (κ1) is 22.1. The molecule has 1 N–H and O–H groups in total. The van der Waals surface area contributed by atoms with Crippen molar-refractivity contribution < 1.29 is 29.3 Å². The van der Waals surface area contributed by atoms with Gasteiger partial charge in [-0.15, -0.1) is 0 Å². The van der Waals surface area contributed by atoms with E-state index in [1.807, 2.05) is 0 Å². The van der Waals surface area contributed by atoms with Crippen molar-refractivity contribution in [2.75, 3.05) is 32.6 Å². The smallest absolute Gasteiger partial charge is 0.323 e. The Hall–Kier alpha value is -4.22. The first-order valence-electron chi connectivity index (χ1n) is 8.40. The molecule has 30 heavy (non-hydrogen) atoms. The highest BCUT2D eigenvalue weighted by Gasteiger charge is 2.31. The van der Waals surface area contributed by atoms with Crippen molar-refractivity contribution in [3.05, 3.63) is 62.2 Å². The molecule has 158 valence electrons. The number of rotatable bonds is 8. The Morgan fingerprint density at radius 2 is 1.67 bits per heavy atom. The zero-order valence-electron chi connectivity index (χ0n) is 16.3. The Morgan fingerprint density at radius 3 is 2.20 bits per heavy atom. The summed E-state index contributed by atoms with van der Waals surface area (Å²) < 4.78 is 5.57. The van der Waals surface area contributed by atoms with Gasteiger partial charge < -0.3 is 19.6 Å². The van der Waals surface area contributed by atoms with E-state index in [1.54, 1.807) is 37.2 Å². The molecular weight excluding hydrogens is 400 g/mol. The van der Waals surface area contributed by atoms with Crippen molar-refractivity contribution in [2.45, 2.75) is 0 Å². The van der Waals surface area contributed by atoms with E-state index in [0.29, 0.717) is 6.07 Å². The van der Waals surface area contributed by atoms with Gasteiger partial charge in [0.25, 0.3) is 11.6 Å². The van der Waals surface area contributed by atoms with Crippen LogP contribution in [0.4, 0.5) is 17.1 Å². The molecule has 0 spiro atoms. The number of aliphatic carboxylic acids is 1. The van der Waals surface area contributed by atoms with Gasteiger partial charge in [0.2, 0.25) is 5.75 Å². The van der Waals surface area contributed by atoms with Gasteiger partial charge in [0.05, 0.1) is 15.9 Å². The third-order valence-corrected chi connectivity index (χ3v) is 3.98. The van der Waals surface area contributed by atoms with Gasteiger partial charge in [0.15, 0.2) is 0 Å². The molecule has 0 aliphatic rings. The number of hydrogen-bond acceptors (Lipinski definition) is 8. The summed E-state index contributed by atoms with van der Waals surface area (Å²) in [4.78, 5) is 46.9. The Bertz CT molecular complexity index is 1020. The van der Waals surface area contributed by atoms with Crippen LogP contribution in [0.15, 0.2) is 36.4 Å². The number of anilines is 1. The van der Waals surface area contributed by atoms with Crippen LogP contribution in [-0.2, 0) is 4.79 Å². The molecule has 12 heteroatoms. The van der Waals surface area contributed by atoms with E-state index in [0.717, 1.165) is 23.7 Å². The Morgan fingerprint density at radius 1 is 1.03 bits per heavy atom. The fraction of sp³-hybridized carbons (Fsp3) is 0.222. The Kier molecular flexibility index (Phi) is 6.52. The molecule has 0 saturated heterocycles. The van der Waals surface area contributed by atoms with Crippen molar-refractivity contribution in [1.29, 1.82) is 0 Å². The third kappa shape index (κ3) is 4.98. The van der Waals surface area contributed by atoms with Crippen LogP contribution in [0.5, 0.6) is 11.5 Å². The largest absolute Gasteiger partial charge is 0.480 e. The summed E-state index contributed by atoms with van der Waals surface area (Å²) in [5.41, 5.74) is -1.35. The number of nitrogens with zero attached hydrogens (tertiary/aromatic N) is 4. The Labute approximate surface area is 170 Å². The average molecular weight is 418 g/mol. The molecule has 0 aliphatic heterocycles. The van der Waals surface area contributed by atoms with Crippen LogP contribution in [0.2, 0.25) is 0 Å². The van der Waals surface area contributed by atoms with Crippen LogP contribution in [-0.4, -0.2) is 59.4 Å². The van der Waals surface area contributed by atoms with Gasteiger partial charge in [0.1, 0.15) is 17.9 Å². The van der Waals surface area contributed by atoms with Crippen molar-refractivity contribution in [1.82, 2.24) is 4.90 Å². The lowest BCUT2D eigenvalue weighted by Crippen LogP contribution is -2.32. The number of nitro groups is 2. The molecule has 0 aliphatic carbocycles. The van der Waals surface area contributed by atoms with Gasteiger partial charge in [-0.2, -0.15) is 0 Å². The second-order valence-corrected chi connectivity index (χ2v) is 6.40. The van der Waals surface area contributed by atoms with Crippen LogP contribution in [0.1, 0.15) is 10.4 Å². The van der Waals surface area contributed by atoms with Crippen molar-refractivity contribution >= 4 is 28.9 Å². The van der Waals surface area contributed by atoms with Crippen molar-refractivity contribution in [2.24, 2.45) is 0 Å². The van der Waals surface area contributed by atoms with E-state index in [4.69, 9.17) is 9.84 Å². The third-order valence-electron chi connectivity index (χ3n) is 3.98. The highest BCUT2D eigenvalue weighted by molar-refractivity contribution is 6.00. The lowest BCUT2D eigenvalue weighted by Gasteiger charge is -2.16. The van der Waals surface area contributed by atoms with Gasteiger partial charge in [-0.3, -0.25) is 29.8 Å². The fourth-order valence-corrected chi connectivity index (χ4v) is 2.54. The molecule has 0 aromatic heterocycles. The summed E-state index contributed by atoms with van der Waals surface area (Å²) in [5, 5.41) is 31.7. The van der Waals surface area contributed by atoms with Gasteiger partial charge in [0, 0.05) is 39.0 Å². The van der Waals surface area contributed by atoms with Gasteiger partial charge >= 0.3 is 11.7 Å². The number of ether oxygens (including phenoxy) is 1. The molecular formula is C18H18N4O8. The molecule has 0 heterocycles. The van der Waals surface area contributed by atoms with Crippen LogP contribution in [0, 0.1) is 20.2 Å². The van der Waals surface area contributed by atoms with Crippen LogP contribution < -0.4 is 9.64 Å². The number of likely N-dealkylation sites (N-methyl/N-ethyl adjacent to an activating group) is 1. The van der Waals surface area contributed by atoms with Crippen LogP contribution in [0.25, 0.3) is 0 Å². The number of amides is 1. The molecule has 0 bridgehead atoms. The quantitative estimate of drug-likeness (QED) is 0.502. The summed E-state index contributed by atoms with van der Waals surface area (Å²) in [6.45, 7) is -0.714. The highest BCUT2D eigenvalue weighted by Crippen LogP contribution is 2.38. The number of benzene rings is 2. The van der Waals surface area contributed by atoms with Crippen molar-refractivity contribution in [3.8, 4) is 11.5 Å². The molecule has 0 radical (unpaired) electrons. The maximum Gasteiger partial charge on any atom is 0.323 e. The second-order valence-electron chi connectivity index (χ2n) is 6.40. The zero-order chi connectivity index (χ0) is 22.6. The summed E-state index contributed by atoms with van der Waals surface area (Å²) in [7, 11) is 4.70. The van der Waals surface area contributed by atoms with Crippen LogP contribution >= 0.6 is 0 Å². The number of nitro benzene ring substituents is 2. The van der Waals surface area contributed by atoms with Gasteiger partial charge in [-0.1, -0.05) is 6.07 Å².